The molecule has 0 radical (unpaired) electrons. The number of hydrogen-bond donors (Lipinski definition) is 1. The highest BCUT2D eigenvalue weighted by Crippen LogP contribution is 2.23. The van der Waals surface area contributed by atoms with Crippen LogP contribution in [0.5, 0.6) is 0 Å². The molecule has 24 heavy (non-hydrogen) atoms. The zero-order valence-electron chi connectivity index (χ0n) is 15.2. The summed E-state index contributed by atoms with van der Waals surface area (Å²) in [7, 11) is 0. The fourth-order valence-corrected chi connectivity index (χ4v) is 3.72. The number of benzene rings is 1. The van der Waals surface area contributed by atoms with Crippen LogP contribution in [0.1, 0.15) is 45.2 Å². The van der Waals surface area contributed by atoms with Gasteiger partial charge in [-0.3, -0.25) is 0 Å². The van der Waals surface area contributed by atoms with Crippen LogP contribution < -0.4 is 5.32 Å². The molecule has 0 aliphatic carbocycles. The highest BCUT2D eigenvalue weighted by Gasteiger charge is 2.22. The molecule has 1 N–H and O–H groups in total. The van der Waals surface area contributed by atoms with Crippen molar-refractivity contribution in [1.29, 1.82) is 0 Å². The summed E-state index contributed by atoms with van der Waals surface area (Å²) >= 11 is 0. The molecule has 130 valence electrons. The number of rotatable bonds is 6. The highest BCUT2D eigenvalue weighted by atomic mass is 15.3. The average molecular weight is 326 g/mol. The summed E-state index contributed by atoms with van der Waals surface area (Å²) in [4.78, 5) is 2.60. The normalized spacial score (nSPS) is 18.2. The second-order valence-electron chi connectivity index (χ2n) is 7.37. The fourth-order valence-electron chi connectivity index (χ4n) is 3.72. The Balaban J connectivity index is 1.61. The molecular formula is C20H30N4. The maximum atomic E-state index is 4.40. The summed E-state index contributed by atoms with van der Waals surface area (Å²) in [5.41, 5.74) is 2.48. The van der Waals surface area contributed by atoms with Crippen LogP contribution in [0.25, 0.3) is 5.69 Å². The third kappa shape index (κ3) is 4.25. The Morgan fingerprint density at radius 2 is 1.88 bits per heavy atom. The third-order valence-electron chi connectivity index (χ3n) is 4.85. The van der Waals surface area contributed by atoms with Gasteiger partial charge in [0, 0.05) is 31.0 Å². The number of likely N-dealkylation sites (tertiary alicyclic amines) is 1. The van der Waals surface area contributed by atoms with E-state index in [1.807, 2.05) is 23.1 Å². The van der Waals surface area contributed by atoms with Crippen LogP contribution in [-0.4, -0.2) is 40.4 Å². The van der Waals surface area contributed by atoms with Crippen molar-refractivity contribution in [3.63, 3.8) is 0 Å². The molecule has 1 saturated heterocycles. The molecule has 0 amide bonds. The number of aromatic nitrogens is 2. The van der Waals surface area contributed by atoms with Crippen molar-refractivity contribution in [2.24, 2.45) is 5.92 Å². The van der Waals surface area contributed by atoms with E-state index in [0.717, 1.165) is 5.92 Å². The molecule has 4 heteroatoms. The number of para-hydroxylation sites is 1. The van der Waals surface area contributed by atoms with Crippen molar-refractivity contribution >= 4 is 0 Å². The van der Waals surface area contributed by atoms with Gasteiger partial charge in [-0.1, -0.05) is 32.0 Å². The van der Waals surface area contributed by atoms with Gasteiger partial charge in [0.1, 0.15) is 0 Å². The molecule has 0 saturated carbocycles. The van der Waals surface area contributed by atoms with Crippen LogP contribution in [0.4, 0.5) is 0 Å². The van der Waals surface area contributed by atoms with Gasteiger partial charge in [-0.25, -0.2) is 4.68 Å². The van der Waals surface area contributed by atoms with Crippen LogP contribution in [0, 0.1) is 5.92 Å². The van der Waals surface area contributed by atoms with Gasteiger partial charge in [0.15, 0.2) is 0 Å². The number of piperidine rings is 1. The zero-order valence-corrected chi connectivity index (χ0v) is 15.2. The lowest BCUT2D eigenvalue weighted by molar-refractivity contribution is 0.175. The first-order valence-electron chi connectivity index (χ1n) is 9.21. The first kappa shape index (κ1) is 17.2. The fraction of sp³-hybridized carbons (Fsp3) is 0.550. The Morgan fingerprint density at radius 1 is 1.12 bits per heavy atom. The molecule has 0 bridgehead atoms. The maximum Gasteiger partial charge on any atom is 0.0693 e. The highest BCUT2D eigenvalue weighted by molar-refractivity contribution is 5.42. The van der Waals surface area contributed by atoms with Gasteiger partial charge in [0.25, 0.3) is 0 Å². The summed E-state index contributed by atoms with van der Waals surface area (Å²) in [5, 5.41) is 8.24. The lowest BCUT2D eigenvalue weighted by atomic mass is 10.00. The maximum absolute atomic E-state index is 4.40. The summed E-state index contributed by atoms with van der Waals surface area (Å²) in [6.07, 6.45) is 6.32. The van der Waals surface area contributed by atoms with Crippen LogP contribution >= 0.6 is 0 Å². The standard InChI is InChI=1S/C20H30N4/c1-16(2)15-23-13-9-18(10-14-23)22-17(3)19-7-4-5-8-20(19)24-12-6-11-21-24/h4-8,11-12,16-18,22H,9-10,13-15H2,1-3H3/t17-/m0/s1. The lowest BCUT2D eigenvalue weighted by Gasteiger charge is -2.35. The molecule has 2 aromatic rings. The van der Waals surface area contributed by atoms with E-state index in [1.165, 1.54) is 43.7 Å². The number of hydrogen-bond acceptors (Lipinski definition) is 3. The van der Waals surface area contributed by atoms with E-state index in [4.69, 9.17) is 0 Å². The number of nitrogens with one attached hydrogen (secondary N) is 1. The molecule has 1 aliphatic rings. The Labute approximate surface area is 145 Å². The Kier molecular flexibility index (Phi) is 5.69. The topological polar surface area (TPSA) is 33.1 Å². The van der Waals surface area contributed by atoms with Gasteiger partial charge in [-0.05, 0) is 56.5 Å². The van der Waals surface area contributed by atoms with Crippen LogP contribution in [0.3, 0.4) is 0 Å². The molecule has 2 heterocycles. The van der Waals surface area contributed by atoms with E-state index in [-0.39, 0.29) is 0 Å². The van der Waals surface area contributed by atoms with Crippen molar-refractivity contribution in [3.05, 3.63) is 48.3 Å². The van der Waals surface area contributed by atoms with Crippen LogP contribution in [0.2, 0.25) is 0 Å². The van der Waals surface area contributed by atoms with Crippen LogP contribution in [0.15, 0.2) is 42.7 Å². The molecular weight excluding hydrogens is 296 g/mol. The predicted octanol–water partition coefficient (Wildman–Crippen LogP) is 3.64. The van der Waals surface area contributed by atoms with E-state index in [0.29, 0.717) is 12.1 Å². The third-order valence-corrected chi connectivity index (χ3v) is 4.85. The van der Waals surface area contributed by atoms with Gasteiger partial charge in [0.05, 0.1) is 5.69 Å². The molecule has 0 unspecified atom stereocenters. The van der Waals surface area contributed by atoms with Gasteiger partial charge < -0.3 is 10.2 Å². The second kappa shape index (κ2) is 7.95. The van der Waals surface area contributed by atoms with Gasteiger partial charge in [-0.15, -0.1) is 0 Å². The monoisotopic (exact) mass is 326 g/mol. The minimum absolute atomic E-state index is 0.326. The Morgan fingerprint density at radius 3 is 2.54 bits per heavy atom. The second-order valence-corrected chi connectivity index (χ2v) is 7.37. The lowest BCUT2D eigenvalue weighted by Crippen LogP contribution is -2.44. The molecule has 0 spiro atoms. The molecule has 1 aromatic heterocycles. The van der Waals surface area contributed by atoms with Gasteiger partial charge in [0.2, 0.25) is 0 Å². The predicted molar refractivity (Wildman–Crippen MR) is 99.4 cm³/mol. The summed E-state index contributed by atoms with van der Waals surface area (Å²) in [6, 6.07) is 11.5. The molecule has 3 rings (SSSR count). The molecule has 1 atom stereocenters. The number of nitrogens with zero attached hydrogens (tertiary/aromatic N) is 3. The minimum atomic E-state index is 0.326. The van der Waals surface area contributed by atoms with Crippen molar-refractivity contribution in [2.75, 3.05) is 19.6 Å². The van der Waals surface area contributed by atoms with E-state index < -0.39 is 0 Å². The van der Waals surface area contributed by atoms with E-state index in [1.54, 1.807) is 0 Å². The van der Waals surface area contributed by atoms with Gasteiger partial charge >= 0.3 is 0 Å². The Hall–Kier alpha value is -1.65. The minimum Gasteiger partial charge on any atom is -0.307 e. The quantitative estimate of drug-likeness (QED) is 0.880. The Bertz CT molecular complexity index is 612. The van der Waals surface area contributed by atoms with Crippen LogP contribution in [-0.2, 0) is 0 Å². The van der Waals surface area contributed by atoms with Crippen molar-refractivity contribution < 1.29 is 0 Å². The average Bonchev–Trinajstić information content (AvgIpc) is 3.10. The van der Waals surface area contributed by atoms with Crippen molar-refractivity contribution in [2.45, 2.75) is 45.7 Å². The SMILES string of the molecule is CC(C)CN1CCC(N[C@@H](C)c2ccccc2-n2cccn2)CC1. The van der Waals surface area contributed by atoms with Gasteiger partial charge in [-0.2, -0.15) is 5.10 Å². The zero-order chi connectivity index (χ0) is 16.9. The van der Waals surface area contributed by atoms with E-state index in [2.05, 4.69) is 60.4 Å². The summed E-state index contributed by atoms with van der Waals surface area (Å²) in [6.45, 7) is 10.5. The van der Waals surface area contributed by atoms with Crippen molar-refractivity contribution in [3.8, 4) is 5.69 Å². The summed E-state index contributed by atoms with van der Waals surface area (Å²) in [5.74, 6) is 0.759. The first-order chi connectivity index (χ1) is 11.6. The smallest absolute Gasteiger partial charge is 0.0693 e. The molecule has 4 nitrogen and oxygen atoms in total. The molecule has 1 aromatic carbocycles. The largest absolute Gasteiger partial charge is 0.307 e. The van der Waals surface area contributed by atoms with E-state index in [9.17, 15) is 0 Å². The van der Waals surface area contributed by atoms with E-state index >= 15 is 0 Å². The molecule has 1 fully saturated rings. The molecule has 1 aliphatic heterocycles. The van der Waals surface area contributed by atoms with Crippen molar-refractivity contribution in [1.82, 2.24) is 20.0 Å². The summed E-state index contributed by atoms with van der Waals surface area (Å²) < 4.78 is 1.96. The first-order valence-corrected chi connectivity index (χ1v) is 9.21.